The maximum atomic E-state index is 11.3. The first-order chi connectivity index (χ1) is 56.6. The summed E-state index contributed by atoms with van der Waals surface area (Å²) in [5, 5.41) is 44.3. The Kier molecular flexibility index (Phi) is 77.9. The van der Waals surface area contributed by atoms with E-state index in [1.165, 1.54) is 36.9 Å². The van der Waals surface area contributed by atoms with Crippen LogP contribution in [0.15, 0.2) is 83.0 Å². The molecule has 4 aromatic rings. The van der Waals surface area contributed by atoms with Crippen LogP contribution in [0.5, 0.6) is 0 Å². The van der Waals surface area contributed by atoms with E-state index in [9.17, 15) is 62.3 Å². The monoisotopic (exact) mass is 1750 g/mol. The molecule has 0 amide bonds. The van der Waals surface area contributed by atoms with Crippen LogP contribution in [-0.4, -0.2) is 282 Å². The van der Waals surface area contributed by atoms with Crippen LogP contribution in [0.4, 0.5) is 0 Å². The Balaban J connectivity index is -0.000000304. The maximum absolute atomic E-state index is 11.3. The normalized spacial score (nSPS) is 13.9. The molecule has 0 aliphatic carbocycles. The molecule has 3 heterocycles. The van der Waals surface area contributed by atoms with Crippen molar-refractivity contribution in [1.82, 2.24) is 62.2 Å². The van der Waals surface area contributed by atoms with Crippen LogP contribution in [0.2, 0.25) is 0 Å². The largest absolute Gasteiger partial charge is 0.481 e. The maximum Gasteiger partial charge on any atom is 0.317 e. The number of nitrogens with zero attached hydrogens (tertiary/aromatic N) is 4. The molecular formula is C90H153N13O15S3. The number of carbonyl (C=O) groups excluding carboxylic acids is 11. The Hall–Kier alpha value is -7.75. The van der Waals surface area contributed by atoms with E-state index in [4.69, 9.17) is 15.9 Å². The number of aliphatic carboxylic acids is 2. The Labute approximate surface area is 737 Å². The van der Waals surface area contributed by atoms with Crippen molar-refractivity contribution in [3.63, 3.8) is 0 Å². The molecule has 1 fully saturated rings. The number of thiazole rings is 1. The van der Waals surface area contributed by atoms with Gasteiger partial charge in [0, 0.05) is 46.8 Å². The molecule has 12 N–H and O–H groups in total. The number of hydrogen-bond donors (Lipinski definition) is 11. The molecule has 686 valence electrons. The summed E-state index contributed by atoms with van der Waals surface area (Å²) >= 11 is 5.07. The fourth-order valence-corrected chi connectivity index (χ4v) is 12.9. The molecule has 1 aliphatic rings. The molecule has 0 spiro atoms. The quantitative estimate of drug-likeness (QED) is 0.0147. The van der Waals surface area contributed by atoms with Gasteiger partial charge in [0.1, 0.15) is 63.6 Å². The van der Waals surface area contributed by atoms with Gasteiger partial charge in [0.2, 0.25) is 0 Å². The van der Waals surface area contributed by atoms with Crippen molar-refractivity contribution in [2.45, 2.75) is 229 Å². The number of Topliss-reactive ketones (excluding diaryl/α,β-unsaturated/α-hetero) is 11. The minimum Gasteiger partial charge on any atom is -0.481 e. The Morgan fingerprint density at radius 3 is 1.21 bits per heavy atom. The van der Waals surface area contributed by atoms with Gasteiger partial charge in [-0.1, -0.05) is 81.3 Å². The molecule has 10 atom stereocenters. The second kappa shape index (κ2) is 75.9. The molecule has 31 heteroatoms. The van der Waals surface area contributed by atoms with E-state index in [0.29, 0.717) is 31.2 Å². The van der Waals surface area contributed by atoms with Gasteiger partial charge >= 0.3 is 11.9 Å². The number of thiophene rings is 1. The lowest BCUT2D eigenvalue weighted by Crippen LogP contribution is -2.39. The van der Waals surface area contributed by atoms with Gasteiger partial charge in [0.25, 0.3) is 0 Å². The number of aromatic nitrogens is 1. The number of likely N-dealkylation sites (N-methyl/N-ethyl adjacent to an activating group) is 11. The van der Waals surface area contributed by atoms with Crippen molar-refractivity contribution in [3.05, 3.63) is 116 Å². The Bertz CT molecular complexity index is 3510. The third-order valence-corrected chi connectivity index (χ3v) is 20.9. The highest BCUT2D eigenvalue weighted by Crippen LogP contribution is 2.19. The van der Waals surface area contributed by atoms with Crippen molar-refractivity contribution in [2.24, 2.45) is 17.6 Å². The van der Waals surface area contributed by atoms with Crippen LogP contribution in [0, 0.1) is 23.7 Å². The van der Waals surface area contributed by atoms with Crippen molar-refractivity contribution >= 4 is 116 Å². The van der Waals surface area contributed by atoms with Gasteiger partial charge in [-0.2, -0.15) is 0 Å². The Morgan fingerprint density at radius 2 is 0.975 bits per heavy atom. The summed E-state index contributed by atoms with van der Waals surface area (Å²) in [6.07, 6.45) is 9.77. The number of rotatable bonds is 39. The van der Waals surface area contributed by atoms with Crippen molar-refractivity contribution in [3.8, 4) is 11.8 Å². The zero-order valence-electron chi connectivity index (χ0n) is 78.4. The van der Waals surface area contributed by atoms with E-state index < -0.39 is 23.9 Å². The molecule has 0 radical (unpaired) electrons. The van der Waals surface area contributed by atoms with Crippen LogP contribution in [0.3, 0.4) is 0 Å². The number of hydrogen-bond acceptors (Lipinski definition) is 29. The molecule has 1 saturated heterocycles. The zero-order valence-corrected chi connectivity index (χ0v) is 80.8. The predicted octanol–water partition coefficient (Wildman–Crippen LogP) is 8.42. The van der Waals surface area contributed by atoms with Gasteiger partial charge in [0.05, 0.1) is 78.2 Å². The van der Waals surface area contributed by atoms with Gasteiger partial charge in [-0.15, -0.1) is 40.4 Å². The lowest BCUT2D eigenvalue weighted by Gasteiger charge is -2.15. The number of thioether (sulfide) groups is 1. The van der Waals surface area contributed by atoms with Crippen molar-refractivity contribution in [1.29, 1.82) is 0 Å². The summed E-state index contributed by atoms with van der Waals surface area (Å²) in [5.74, 6) is 5.81. The summed E-state index contributed by atoms with van der Waals surface area (Å²) in [4.78, 5) is 151. The third kappa shape index (κ3) is 66.5. The lowest BCUT2D eigenvalue weighted by atomic mass is 9.98. The first-order valence-corrected chi connectivity index (χ1v) is 43.4. The van der Waals surface area contributed by atoms with Crippen LogP contribution in [-0.2, 0) is 88.0 Å². The summed E-state index contributed by atoms with van der Waals surface area (Å²) in [5.41, 5.74) is 12.5. The summed E-state index contributed by atoms with van der Waals surface area (Å²) in [6, 6.07) is 19.6. The molecular weight excluding hydrogens is 1600 g/mol. The number of benzene rings is 2. The van der Waals surface area contributed by atoms with Gasteiger partial charge in [-0.25, -0.2) is 4.98 Å². The Morgan fingerprint density at radius 1 is 0.562 bits per heavy atom. The van der Waals surface area contributed by atoms with Gasteiger partial charge in [-0.05, 0) is 273 Å². The minimum absolute atomic E-state index is 0.0244. The minimum atomic E-state index is -1.55. The van der Waals surface area contributed by atoms with Crippen LogP contribution in [0.25, 0.3) is 6.08 Å². The van der Waals surface area contributed by atoms with E-state index in [1.807, 2.05) is 160 Å². The number of allylic oxidation sites excluding steroid dienone is 1. The van der Waals surface area contributed by atoms with Gasteiger partial charge < -0.3 is 63.4 Å². The van der Waals surface area contributed by atoms with E-state index in [2.05, 4.69) is 115 Å². The first kappa shape index (κ1) is 124. The average Bonchev–Trinajstić information content (AvgIpc) is 1.88. The number of carboxylic acid groups (broad SMARTS) is 2. The predicted molar refractivity (Wildman–Crippen MR) is 499 cm³/mol. The summed E-state index contributed by atoms with van der Waals surface area (Å²) in [7, 11) is 23.6. The van der Waals surface area contributed by atoms with Crippen LogP contribution >= 0.6 is 34.4 Å². The molecule has 28 nitrogen and oxygen atoms in total. The van der Waals surface area contributed by atoms with E-state index in [-0.39, 0.29) is 119 Å². The highest BCUT2D eigenvalue weighted by atomic mass is 32.2. The number of nitrogens with two attached hydrogens (primary N) is 1. The van der Waals surface area contributed by atoms with Gasteiger partial charge in [0.15, 0.2) is 5.92 Å². The van der Waals surface area contributed by atoms with E-state index >= 15 is 0 Å². The number of carboxylic acids is 2. The molecule has 1 aliphatic heterocycles. The fraction of sp³-hybridized carbons (Fsp3) is 0.600. The number of ketones is 11. The smallest absolute Gasteiger partial charge is 0.317 e. The SMILES string of the molecule is CC#Cc1ccc(C[C@H](NC)C(C)=O)cc1.CC(=O)CN(C)C.CC(=O)[C@@H]1CSCN1C.CC(=O)[C@H](C)N(C)C.CC=Cc1ccc(C[C@H](NC)C(C)=O)cc1.CC[C@H](NC)C(C)=O.CN[C@@H](CC(C(=O)O)C(=O)O)C(C)=O.CN[C@@H](CCC(C)C)C(C)=O.CN[C@@H](CN)C(C)=O.CN[C@@H](Cc1cccs1)C(C)=O.CN[C@@H](Cc1cscn1)C(C)=O. The number of nitrogens with one attached hydrogen (secondary N) is 8. The van der Waals surface area contributed by atoms with E-state index in [1.54, 1.807) is 112 Å². The van der Waals surface area contributed by atoms with Crippen molar-refractivity contribution < 1.29 is 72.5 Å². The summed E-state index contributed by atoms with van der Waals surface area (Å²) < 4.78 is 0. The second-order valence-electron chi connectivity index (χ2n) is 29.5. The molecule has 2 aromatic heterocycles. The lowest BCUT2D eigenvalue weighted by molar-refractivity contribution is -0.155. The van der Waals surface area contributed by atoms with Crippen LogP contribution < -0.4 is 48.3 Å². The van der Waals surface area contributed by atoms with Crippen LogP contribution in [0.1, 0.15) is 176 Å². The molecule has 121 heavy (non-hydrogen) atoms. The average molecular weight is 1750 g/mol. The summed E-state index contributed by atoms with van der Waals surface area (Å²) in [6.45, 7) is 30.3. The highest BCUT2D eigenvalue weighted by molar-refractivity contribution is 7.99. The fourth-order valence-electron chi connectivity index (χ4n) is 10.3. The first-order valence-electron chi connectivity index (χ1n) is 40.4. The molecule has 5 rings (SSSR count). The number of carbonyl (C=O) groups is 13. The molecule has 0 bridgehead atoms. The topological polar surface area (TPSA) is 407 Å². The molecule has 0 saturated carbocycles. The van der Waals surface area contributed by atoms with Gasteiger partial charge in [-0.3, -0.25) is 72.1 Å². The molecule has 0 unspecified atom stereocenters. The highest BCUT2D eigenvalue weighted by Gasteiger charge is 2.30. The standard InChI is InChI=1S/C14H19NO.C14H17NO.C9H13NOS.C9H19NO.C8H12N2OS.C8H13NO5.C6H11NOS.2C6H13NO.C5H12N2O.C5H11NO/c2*1-4-5-12-6-8-13(9-7-12)10-14(15-3)11(2)16;1-7(11)9(10-2)6-8-4-3-5-12-8;1-7(2)5-6-9(10-4)8(3)11;1-6(11)8(9-2)3-7-4-12-5-10-7;1-4(10)6(9-2)3-5(7(11)12)8(13)14;1-5(8)6-3-9-4-7(6)2;1-5(6(2)8)7(3)4;1-4-6(7-3)5(2)8;1-4(8)5(3-6)7-2;1-5(7)4-6(2)3/h4-9,14-15H,10H2,1-3H3;6-9,14-15H,10H2,1-3H3;3-5,9-10H,6H2,1-2H3;7,9-10H,5-6H2,1-4H3;4-5,8-9H,3H2,1-2H3;5-6,9H,3H2,1-2H3,(H,11,12)(H,13,14);6H,3-4H2,1-2H3;5H,1-4H3;6-7H,4H2,1-3H3;5,7H,3,6H2,1-2H3;4H2,1-3H3/t2*14-;2*9-;8-;2*6-;5-;6-;5-;/m0000000000./s1. The zero-order chi connectivity index (χ0) is 94.6. The van der Waals surface area contributed by atoms with E-state index in [0.717, 1.165) is 67.0 Å². The third-order valence-electron chi connectivity index (χ3n) is 18.3. The van der Waals surface area contributed by atoms with Crippen molar-refractivity contribution in [2.75, 3.05) is 116 Å². The molecule has 2 aromatic carbocycles. The second-order valence-corrected chi connectivity index (χ2v) is 32.2.